The molecule has 1 unspecified atom stereocenters. The number of hydrogen-bond donors (Lipinski definition) is 5. The lowest BCUT2D eigenvalue weighted by atomic mass is 9.96. The Labute approximate surface area is 204 Å². The molecule has 2 heterocycles. The van der Waals surface area contributed by atoms with E-state index >= 15 is 0 Å². The smallest absolute Gasteiger partial charge is 0.352 e. The predicted molar refractivity (Wildman–Crippen MR) is 128 cm³/mol. The van der Waals surface area contributed by atoms with Crippen molar-refractivity contribution >= 4 is 70.0 Å². The molecule has 3 amide bonds. The molecule has 0 radical (unpaired) electrons. The van der Waals surface area contributed by atoms with E-state index in [0.29, 0.717) is 11.8 Å². The number of primary amides is 1. The number of nitrogens with zero attached hydrogens (tertiary/aromatic N) is 1. The molecule has 180 valence electrons. The van der Waals surface area contributed by atoms with Crippen molar-refractivity contribution in [2.75, 3.05) is 23.2 Å². The van der Waals surface area contributed by atoms with Crippen LogP contribution < -0.4 is 22.5 Å². The van der Waals surface area contributed by atoms with E-state index in [1.54, 1.807) is 0 Å². The number of halogens is 2. The van der Waals surface area contributed by atoms with Crippen molar-refractivity contribution in [1.82, 2.24) is 10.2 Å². The van der Waals surface area contributed by atoms with E-state index in [0.717, 1.165) is 52.0 Å². The third kappa shape index (κ3) is 6.04. The Kier molecular flexibility index (Phi) is 9.26. The average molecular weight is 518 g/mol. The van der Waals surface area contributed by atoms with Gasteiger partial charge in [0, 0.05) is 30.1 Å². The summed E-state index contributed by atoms with van der Waals surface area (Å²) >= 11 is 12.5. The highest BCUT2D eigenvalue weighted by Gasteiger charge is 2.56. The minimum atomic E-state index is -1.29. The molecule has 10 nitrogen and oxygen atoms in total. The van der Waals surface area contributed by atoms with E-state index in [2.05, 4.69) is 5.32 Å². The lowest BCUT2D eigenvalue weighted by molar-refractivity contribution is -0.156. The van der Waals surface area contributed by atoms with Gasteiger partial charge in [-0.2, -0.15) is 0 Å². The van der Waals surface area contributed by atoms with E-state index in [1.807, 2.05) is 12.1 Å². The molecule has 1 fully saturated rings. The van der Waals surface area contributed by atoms with Gasteiger partial charge in [0.25, 0.3) is 0 Å². The van der Waals surface area contributed by atoms with E-state index in [1.165, 1.54) is 13.0 Å². The van der Waals surface area contributed by atoms with Crippen LogP contribution in [0, 0.1) is 5.92 Å². The molecule has 0 aromatic heterocycles. The van der Waals surface area contributed by atoms with Crippen LogP contribution in [0.2, 0.25) is 0 Å². The van der Waals surface area contributed by atoms with Crippen LogP contribution in [0.1, 0.15) is 18.1 Å². The van der Waals surface area contributed by atoms with Crippen LogP contribution in [-0.4, -0.2) is 56.2 Å². The quantitative estimate of drug-likeness (QED) is 0.152. The number of carbonyl (C=O) groups is 4. The van der Waals surface area contributed by atoms with E-state index in [-0.39, 0.29) is 11.6 Å². The van der Waals surface area contributed by atoms with Crippen molar-refractivity contribution in [1.29, 1.82) is 0 Å². The molecular weight excluding hydrogens is 493 g/mol. The number of alkyl halides is 2. The number of carboxylic acid groups (broad SMARTS) is 1. The molecule has 3 rings (SSSR count). The topological polar surface area (TPSA) is 182 Å². The summed E-state index contributed by atoms with van der Waals surface area (Å²) in [5.41, 5.74) is 20.1. The van der Waals surface area contributed by atoms with Gasteiger partial charge in [-0.1, -0.05) is 0 Å². The minimum absolute atomic E-state index is 0.245. The number of nitrogen functional groups attached to an aromatic ring is 2. The predicted octanol–water partition coefficient (Wildman–Crippen LogP) is 0.847. The van der Waals surface area contributed by atoms with Gasteiger partial charge in [0.05, 0.1) is 5.37 Å². The van der Waals surface area contributed by atoms with Gasteiger partial charge >= 0.3 is 5.97 Å². The maximum absolute atomic E-state index is 11.7. The Bertz CT molecular complexity index is 959. The number of fused-ring (bicyclic) bond motifs is 1. The second kappa shape index (κ2) is 11.5. The van der Waals surface area contributed by atoms with Crippen molar-refractivity contribution in [3.05, 3.63) is 35.0 Å². The normalized spacial score (nSPS) is 21.1. The van der Waals surface area contributed by atoms with Gasteiger partial charge in [0.2, 0.25) is 17.7 Å². The second-order valence-electron chi connectivity index (χ2n) is 7.17. The van der Waals surface area contributed by atoms with E-state index < -0.39 is 34.4 Å². The molecule has 8 N–H and O–H groups in total. The van der Waals surface area contributed by atoms with Gasteiger partial charge in [0.15, 0.2) is 0 Å². The first-order valence-corrected chi connectivity index (χ1v) is 11.8. The number of β-lactam (4-membered cyclic amide) rings is 1. The molecule has 0 saturated carbocycles. The summed E-state index contributed by atoms with van der Waals surface area (Å²) in [6.07, 6.45) is 2.75. The summed E-state index contributed by atoms with van der Waals surface area (Å²) in [4.78, 5) is 46.0. The van der Waals surface area contributed by atoms with Crippen molar-refractivity contribution in [2.45, 2.75) is 30.5 Å². The standard InChI is InChI=1S/C10H14Cl2N2.C10H11N3O5S/c11-5-3-7-8(4-6-12)10(14)2-1-9(7)13;1-3(14)12-5-2-4(10(17)18)13-8(16)6(7(11)15)9(13)19-5/h1-2H,3-6,13-14H2;2,5-6,9H,1H3,(H2,11,15)(H,12,14)(H,17,18)/t;5?,6-,9+/m.1/s1. The summed E-state index contributed by atoms with van der Waals surface area (Å²) < 4.78 is 0. The van der Waals surface area contributed by atoms with Crippen LogP contribution in [0.4, 0.5) is 11.4 Å². The van der Waals surface area contributed by atoms with Gasteiger partial charge < -0.3 is 27.6 Å². The average Bonchev–Trinajstić information content (AvgIpc) is 2.72. The Morgan fingerprint density at radius 1 is 1.12 bits per heavy atom. The zero-order chi connectivity index (χ0) is 24.9. The number of thioether (sulfide) groups is 1. The highest BCUT2D eigenvalue weighted by molar-refractivity contribution is 8.00. The number of aliphatic carboxylic acids is 1. The molecule has 13 heteroatoms. The molecular formula is C20H25Cl2N5O5S. The largest absolute Gasteiger partial charge is 0.477 e. The third-order valence-corrected chi connectivity index (χ3v) is 6.65. The number of nitrogens with one attached hydrogen (secondary N) is 1. The lowest BCUT2D eigenvalue weighted by Gasteiger charge is -2.48. The third-order valence-electron chi connectivity index (χ3n) is 4.96. The van der Waals surface area contributed by atoms with Crippen LogP contribution in [0.15, 0.2) is 23.9 Å². The molecule has 0 bridgehead atoms. The Morgan fingerprint density at radius 2 is 1.64 bits per heavy atom. The van der Waals surface area contributed by atoms with Crippen LogP contribution in [-0.2, 0) is 32.0 Å². The van der Waals surface area contributed by atoms with Crippen molar-refractivity contribution in [2.24, 2.45) is 11.7 Å². The first kappa shape index (κ1) is 26.6. The molecule has 33 heavy (non-hydrogen) atoms. The zero-order valence-electron chi connectivity index (χ0n) is 17.7. The molecule has 2 aliphatic heterocycles. The molecule has 1 saturated heterocycles. The van der Waals surface area contributed by atoms with Crippen LogP contribution in [0.3, 0.4) is 0 Å². The summed E-state index contributed by atoms with van der Waals surface area (Å²) in [7, 11) is 0. The van der Waals surface area contributed by atoms with Crippen molar-refractivity contribution in [3.63, 3.8) is 0 Å². The first-order chi connectivity index (χ1) is 15.5. The van der Waals surface area contributed by atoms with Gasteiger partial charge in [-0.05, 0) is 42.2 Å². The number of nitrogens with two attached hydrogens (primary N) is 3. The first-order valence-electron chi connectivity index (χ1n) is 9.81. The van der Waals surface area contributed by atoms with Crippen LogP contribution in [0.5, 0.6) is 0 Å². The maximum Gasteiger partial charge on any atom is 0.352 e. The van der Waals surface area contributed by atoms with Crippen LogP contribution >= 0.6 is 35.0 Å². The lowest BCUT2D eigenvalue weighted by Crippen LogP contribution is -2.65. The van der Waals surface area contributed by atoms with Crippen molar-refractivity contribution < 1.29 is 24.3 Å². The number of carbonyl (C=O) groups excluding carboxylic acids is 3. The number of amides is 3. The van der Waals surface area contributed by atoms with Crippen molar-refractivity contribution in [3.8, 4) is 0 Å². The van der Waals surface area contributed by atoms with Gasteiger partial charge in [-0.15, -0.1) is 35.0 Å². The van der Waals surface area contributed by atoms with E-state index in [4.69, 9.17) is 45.5 Å². The fraction of sp³-hybridized carbons (Fsp3) is 0.400. The number of anilines is 2. The molecule has 1 aromatic carbocycles. The fourth-order valence-electron chi connectivity index (χ4n) is 3.49. The highest BCUT2D eigenvalue weighted by Crippen LogP contribution is 2.43. The van der Waals surface area contributed by atoms with Gasteiger partial charge in [-0.25, -0.2) is 4.79 Å². The monoisotopic (exact) mass is 517 g/mol. The second-order valence-corrected chi connectivity index (χ2v) is 9.19. The number of rotatable bonds is 7. The summed E-state index contributed by atoms with van der Waals surface area (Å²) in [6.45, 7) is 1.29. The summed E-state index contributed by atoms with van der Waals surface area (Å²) in [5.74, 6) is -3.02. The minimum Gasteiger partial charge on any atom is -0.477 e. The summed E-state index contributed by atoms with van der Waals surface area (Å²) in [5, 5.41) is 10.3. The summed E-state index contributed by atoms with van der Waals surface area (Å²) in [6, 6.07) is 3.63. The van der Waals surface area contributed by atoms with Gasteiger partial charge in [-0.3, -0.25) is 19.3 Å². The van der Waals surface area contributed by atoms with E-state index in [9.17, 15) is 19.2 Å². The van der Waals surface area contributed by atoms with Crippen LogP contribution in [0.25, 0.3) is 0 Å². The number of carboxylic acids is 1. The molecule has 0 spiro atoms. The number of hydrogen-bond acceptors (Lipinski definition) is 7. The SMILES string of the molecule is CC(=O)NC1C=C(C(=O)O)N2C(=O)[C@@H](C(N)=O)[C@@H]2S1.Nc1ccc(N)c(CCCl)c1CCCl. The van der Waals surface area contributed by atoms with Gasteiger partial charge in [0.1, 0.15) is 17.0 Å². The Balaban J connectivity index is 0.000000245. The fourth-order valence-corrected chi connectivity index (χ4v) is 5.36. The molecule has 1 aromatic rings. The maximum atomic E-state index is 11.7. The molecule has 0 aliphatic carbocycles. The zero-order valence-corrected chi connectivity index (χ0v) is 20.0. The molecule has 2 aliphatic rings. The Hall–Kier alpha value is -2.63. The number of benzene rings is 1. The highest BCUT2D eigenvalue weighted by atomic mass is 35.5. The Morgan fingerprint density at radius 3 is 2.03 bits per heavy atom. The molecule has 3 atom stereocenters.